The van der Waals surface area contributed by atoms with Crippen molar-refractivity contribution in [2.24, 2.45) is 5.73 Å². The Morgan fingerprint density at radius 2 is 2.20 bits per heavy atom. The molecule has 0 spiro atoms. The van der Waals surface area contributed by atoms with E-state index >= 15 is 0 Å². The van der Waals surface area contributed by atoms with E-state index in [0.29, 0.717) is 17.0 Å². The van der Waals surface area contributed by atoms with Crippen molar-refractivity contribution >= 4 is 33.8 Å². The highest BCUT2D eigenvalue weighted by Gasteiger charge is 2.26. The van der Waals surface area contributed by atoms with E-state index in [9.17, 15) is 13.2 Å². The summed E-state index contributed by atoms with van der Waals surface area (Å²) in [6.07, 6.45) is 0.523. The Morgan fingerprint density at radius 1 is 1.50 bits per heavy atom. The second kappa shape index (κ2) is 6.53. The number of benzene rings is 1. The monoisotopic (exact) mass is 320 g/mol. The Labute approximate surface area is 124 Å². The second-order valence-electron chi connectivity index (χ2n) is 4.44. The molecule has 1 amide bonds. The van der Waals surface area contributed by atoms with Crippen LogP contribution in [-0.4, -0.2) is 39.8 Å². The van der Waals surface area contributed by atoms with Gasteiger partial charge >= 0.3 is 0 Å². The number of fused-ring (bicyclic) bond motifs is 1. The van der Waals surface area contributed by atoms with Crippen molar-refractivity contribution in [3.63, 3.8) is 0 Å². The van der Waals surface area contributed by atoms with Crippen molar-refractivity contribution in [1.29, 1.82) is 0 Å². The van der Waals surface area contributed by atoms with Crippen LogP contribution in [0.5, 0.6) is 0 Å². The lowest BCUT2D eigenvalue weighted by Crippen LogP contribution is -2.39. The number of carbonyl (C=O) groups is 1. The van der Waals surface area contributed by atoms with Crippen LogP contribution in [0.1, 0.15) is 5.56 Å². The van der Waals surface area contributed by atoms with E-state index in [1.807, 2.05) is 0 Å². The summed E-state index contributed by atoms with van der Waals surface area (Å²) < 4.78 is 28.3. The van der Waals surface area contributed by atoms with Gasteiger partial charge in [-0.15, -0.1) is 12.4 Å². The molecular formula is C12H17ClN2O4S. The molecule has 0 saturated heterocycles. The van der Waals surface area contributed by atoms with Gasteiger partial charge in [0.25, 0.3) is 0 Å². The maximum atomic E-state index is 11.8. The smallest absolute Gasteiger partial charge is 0.243 e. The average Bonchev–Trinajstić information content (AvgIpc) is 2.66. The van der Waals surface area contributed by atoms with Crippen molar-refractivity contribution in [3.8, 4) is 0 Å². The number of aryl methyl sites for hydroxylation is 1. The lowest BCUT2D eigenvalue weighted by atomic mass is 10.1. The summed E-state index contributed by atoms with van der Waals surface area (Å²) in [6, 6.07) is 4.10. The van der Waals surface area contributed by atoms with Crippen LogP contribution in [0.15, 0.2) is 23.1 Å². The molecule has 0 bridgehead atoms. The third kappa shape index (κ3) is 3.49. The molecule has 0 aromatic heterocycles. The molecule has 112 valence electrons. The van der Waals surface area contributed by atoms with E-state index in [1.54, 1.807) is 12.1 Å². The zero-order valence-corrected chi connectivity index (χ0v) is 12.6. The molecule has 3 N–H and O–H groups in total. The first kappa shape index (κ1) is 16.9. The first-order valence-electron chi connectivity index (χ1n) is 5.85. The van der Waals surface area contributed by atoms with Crippen LogP contribution in [0.25, 0.3) is 0 Å². The van der Waals surface area contributed by atoms with Crippen molar-refractivity contribution in [2.45, 2.75) is 17.4 Å². The van der Waals surface area contributed by atoms with Gasteiger partial charge in [-0.05, 0) is 24.1 Å². The highest BCUT2D eigenvalue weighted by Crippen LogP contribution is 2.28. The van der Waals surface area contributed by atoms with Crippen molar-refractivity contribution in [2.75, 3.05) is 24.8 Å². The van der Waals surface area contributed by atoms with E-state index < -0.39 is 21.8 Å². The number of hydrogen-bond donors (Lipinski definition) is 2. The van der Waals surface area contributed by atoms with Crippen molar-refractivity contribution < 1.29 is 17.9 Å². The van der Waals surface area contributed by atoms with Crippen LogP contribution in [0.3, 0.4) is 0 Å². The quantitative estimate of drug-likeness (QED) is 0.834. The molecule has 0 radical (unpaired) electrons. The first-order chi connectivity index (χ1) is 8.94. The van der Waals surface area contributed by atoms with E-state index in [4.69, 9.17) is 10.5 Å². The van der Waals surface area contributed by atoms with Gasteiger partial charge in [0.05, 0.1) is 17.3 Å². The number of rotatable bonds is 4. The molecule has 0 fully saturated rings. The second-order valence-corrected chi connectivity index (χ2v) is 6.52. The molecule has 0 saturated carbocycles. The Bertz CT molecular complexity index is 603. The first-order valence-corrected chi connectivity index (χ1v) is 7.50. The molecule has 1 aliphatic heterocycles. The van der Waals surface area contributed by atoms with Gasteiger partial charge in [-0.2, -0.15) is 0 Å². The van der Waals surface area contributed by atoms with Gasteiger partial charge in [-0.1, -0.05) is 6.07 Å². The highest BCUT2D eigenvalue weighted by molar-refractivity contribution is 7.91. The standard InChI is InChI=1S/C12H16N2O4S.ClH/c1-18-7-10(13)12(15)14-9-3-2-8-4-5-19(16,17)11(8)6-9;/h2-3,6,10H,4-5,7,13H2,1H3,(H,14,15);1H. The molecule has 2 rings (SSSR count). The summed E-state index contributed by atoms with van der Waals surface area (Å²) >= 11 is 0. The molecule has 1 heterocycles. The van der Waals surface area contributed by atoms with Gasteiger partial charge in [-0.25, -0.2) is 8.42 Å². The minimum atomic E-state index is -3.20. The van der Waals surface area contributed by atoms with E-state index in [2.05, 4.69) is 5.32 Å². The molecule has 20 heavy (non-hydrogen) atoms. The molecular weight excluding hydrogens is 304 g/mol. The highest BCUT2D eigenvalue weighted by atomic mass is 35.5. The van der Waals surface area contributed by atoms with Crippen LogP contribution >= 0.6 is 12.4 Å². The van der Waals surface area contributed by atoms with Gasteiger partial charge in [0.1, 0.15) is 6.04 Å². The molecule has 1 aromatic carbocycles. The number of halogens is 1. The molecule has 1 aliphatic rings. The third-order valence-electron chi connectivity index (χ3n) is 2.99. The van der Waals surface area contributed by atoms with E-state index in [0.717, 1.165) is 5.56 Å². The molecule has 0 aliphatic carbocycles. The third-order valence-corrected chi connectivity index (χ3v) is 4.78. The zero-order chi connectivity index (χ0) is 14.0. The number of anilines is 1. The number of sulfone groups is 1. The van der Waals surface area contributed by atoms with E-state index in [1.165, 1.54) is 13.2 Å². The van der Waals surface area contributed by atoms with Crippen LogP contribution in [-0.2, 0) is 25.8 Å². The predicted molar refractivity (Wildman–Crippen MR) is 77.9 cm³/mol. The lowest BCUT2D eigenvalue weighted by Gasteiger charge is -2.12. The van der Waals surface area contributed by atoms with Gasteiger partial charge in [0.15, 0.2) is 9.84 Å². The van der Waals surface area contributed by atoms with Crippen LogP contribution in [0, 0.1) is 0 Å². The van der Waals surface area contributed by atoms with Crippen LogP contribution in [0.4, 0.5) is 5.69 Å². The summed E-state index contributed by atoms with van der Waals surface area (Å²) in [6.45, 7) is 0.106. The molecule has 1 atom stereocenters. The number of nitrogens with one attached hydrogen (secondary N) is 1. The fourth-order valence-corrected chi connectivity index (χ4v) is 3.56. The summed E-state index contributed by atoms with van der Waals surface area (Å²) in [7, 11) is -1.75. The van der Waals surface area contributed by atoms with Crippen molar-refractivity contribution in [1.82, 2.24) is 0 Å². The van der Waals surface area contributed by atoms with Gasteiger partial charge < -0.3 is 15.8 Å². The van der Waals surface area contributed by atoms with Gasteiger partial charge in [0, 0.05) is 12.8 Å². The Balaban J connectivity index is 0.00000200. The molecule has 8 heteroatoms. The molecule has 6 nitrogen and oxygen atoms in total. The normalized spacial score (nSPS) is 16.9. The van der Waals surface area contributed by atoms with Gasteiger partial charge in [-0.3, -0.25) is 4.79 Å². The number of amides is 1. The Hall–Kier alpha value is -1.15. The minimum absolute atomic E-state index is 0. The number of hydrogen-bond acceptors (Lipinski definition) is 5. The minimum Gasteiger partial charge on any atom is -0.383 e. The summed E-state index contributed by atoms with van der Waals surface area (Å²) in [5.74, 6) is -0.277. The largest absolute Gasteiger partial charge is 0.383 e. The van der Waals surface area contributed by atoms with E-state index in [-0.39, 0.29) is 24.8 Å². The fourth-order valence-electron chi connectivity index (χ4n) is 1.97. The summed E-state index contributed by atoms with van der Waals surface area (Å²) in [5.41, 5.74) is 6.81. The van der Waals surface area contributed by atoms with Crippen LogP contribution in [0.2, 0.25) is 0 Å². The summed E-state index contributed by atoms with van der Waals surface area (Å²) in [4.78, 5) is 12.0. The SMILES string of the molecule is COCC(N)C(=O)Nc1ccc2c(c1)S(=O)(=O)CC2.Cl. The Kier molecular flexibility index (Phi) is 5.52. The fraction of sp³-hybridized carbons (Fsp3) is 0.417. The lowest BCUT2D eigenvalue weighted by molar-refractivity contribution is -0.118. The Morgan fingerprint density at radius 3 is 2.85 bits per heavy atom. The zero-order valence-electron chi connectivity index (χ0n) is 11.0. The summed E-state index contributed by atoms with van der Waals surface area (Å²) in [5, 5.41) is 2.59. The topological polar surface area (TPSA) is 98.5 Å². The average molecular weight is 321 g/mol. The van der Waals surface area contributed by atoms with Crippen LogP contribution < -0.4 is 11.1 Å². The predicted octanol–water partition coefficient (Wildman–Crippen LogP) is 0.350. The maximum Gasteiger partial charge on any atom is 0.243 e. The molecule has 1 unspecified atom stereocenters. The molecule has 1 aromatic rings. The maximum absolute atomic E-state index is 11.8. The number of methoxy groups -OCH3 is 1. The number of nitrogens with two attached hydrogens (primary N) is 1. The number of carbonyl (C=O) groups excluding carboxylic acids is 1. The number of ether oxygens (including phenoxy) is 1. The van der Waals surface area contributed by atoms with Crippen molar-refractivity contribution in [3.05, 3.63) is 23.8 Å². The van der Waals surface area contributed by atoms with Gasteiger partial charge in [0.2, 0.25) is 5.91 Å².